The van der Waals surface area contributed by atoms with E-state index in [2.05, 4.69) is 20.4 Å². The second-order valence-corrected chi connectivity index (χ2v) is 5.79. The molecule has 0 radical (unpaired) electrons. The molecule has 2 N–H and O–H groups in total. The summed E-state index contributed by atoms with van der Waals surface area (Å²) in [6.45, 7) is 3.97. The highest BCUT2D eigenvalue weighted by Gasteiger charge is 2.33. The molecule has 9 nitrogen and oxygen atoms in total. The second-order valence-electron chi connectivity index (χ2n) is 5.79. The first-order valence-corrected chi connectivity index (χ1v) is 8.23. The summed E-state index contributed by atoms with van der Waals surface area (Å²) < 4.78 is 7.48. The number of rotatable bonds is 5. The Balaban J connectivity index is 0.000000758. The lowest BCUT2D eigenvalue weighted by molar-refractivity contribution is -0.122. The molecule has 0 aliphatic carbocycles. The molecule has 0 spiro atoms. The Hall–Kier alpha value is -2.78. The van der Waals surface area contributed by atoms with Crippen molar-refractivity contribution in [1.82, 2.24) is 25.0 Å². The predicted molar refractivity (Wildman–Crippen MR) is 94.2 cm³/mol. The molecule has 1 amide bonds. The fourth-order valence-corrected chi connectivity index (χ4v) is 2.95. The average Bonchev–Trinajstić information content (AvgIpc) is 3.26. The van der Waals surface area contributed by atoms with Gasteiger partial charge < -0.3 is 20.1 Å². The van der Waals surface area contributed by atoms with Gasteiger partial charge in [-0.25, -0.2) is 0 Å². The summed E-state index contributed by atoms with van der Waals surface area (Å²) in [5, 5.41) is 17.6. The number of carbonyl (C=O) groups excluding carboxylic acids is 1. The van der Waals surface area contributed by atoms with E-state index in [1.54, 1.807) is 23.3 Å². The molecule has 2 heterocycles. The number of amides is 1. The van der Waals surface area contributed by atoms with E-state index in [0.29, 0.717) is 12.2 Å². The summed E-state index contributed by atoms with van der Waals surface area (Å²) in [6.07, 6.45) is 3.19. The van der Waals surface area contributed by atoms with Gasteiger partial charge in [-0.1, -0.05) is 12.1 Å². The summed E-state index contributed by atoms with van der Waals surface area (Å²) in [7, 11) is 2.03. The molecule has 0 bridgehead atoms. The number of aromatic nitrogens is 3. The van der Waals surface area contributed by atoms with Gasteiger partial charge in [-0.05, 0) is 26.1 Å². The quantitative estimate of drug-likeness (QED) is 0.743. The van der Waals surface area contributed by atoms with Crippen molar-refractivity contribution in [2.24, 2.45) is 0 Å². The lowest BCUT2D eigenvalue weighted by Crippen LogP contribution is -2.44. The van der Waals surface area contributed by atoms with E-state index >= 15 is 0 Å². The minimum atomic E-state index is -0.250. The van der Waals surface area contributed by atoms with Crippen molar-refractivity contribution in [2.75, 3.05) is 26.7 Å². The van der Waals surface area contributed by atoms with Gasteiger partial charge in [0.25, 0.3) is 12.4 Å². The van der Waals surface area contributed by atoms with Crippen LogP contribution in [-0.2, 0) is 9.53 Å². The van der Waals surface area contributed by atoms with Crippen LogP contribution in [0.4, 0.5) is 0 Å². The minimum absolute atomic E-state index is 0.0126. The molecule has 1 aromatic carbocycles. The molecular weight excluding hydrogens is 338 g/mol. The molecule has 2 aromatic rings. The number of benzene rings is 1. The first-order chi connectivity index (χ1) is 12.6. The van der Waals surface area contributed by atoms with Crippen LogP contribution >= 0.6 is 0 Å². The van der Waals surface area contributed by atoms with Crippen molar-refractivity contribution in [2.45, 2.75) is 19.1 Å². The first-order valence-electron chi connectivity index (χ1n) is 8.23. The van der Waals surface area contributed by atoms with Gasteiger partial charge in [0.15, 0.2) is 0 Å². The average molecular weight is 361 g/mol. The highest BCUT2D eigenvalue weighted by Crippen LogP contribution is 2.16. The summed E-state index contributed by atoms with van der Waals surface area (Å²) in [5.74, 6) is -0.112. The van der Waals surface area contributed by atoms with Gasteiger partial charge in [-0.3, -0.25) is 14.2 Å². The van der Waals surface area contributed by atoms with Gasteiger partial charge in [-0.15, -0.1) is 10.2 Å². The van der Waals surface area contributed by atoms with Gasteiger partial charge in [-0.2, -0.15) is 0 Å². The highest BCUT2D eigenvalue weighted by atomic mass is 16.5. The summed E-state index contributed by atoms with van der Waals surface area (Å²) in [4.78, 5) is 23.3. The van der Waals surface area contributed by atoms with E-state index in [1.807, 2.05) is 32.2 Å². The lowest BCUT2D eigenvalue weighted by Gasteiger charge is -2.20. The number of hydrogen-bond acceptors (Lipinski definition) is 6. The maximum absolute atomic E-state index is 12.7. The smallest absolute Gasteiger partial charge is 0.290 e. The Morgan fingerprint density at radius 2 is 2.00 bits per heavy atom. The Kier molecular flexibility index (Phi) is 7.24. The van der Waals surface area contributed by atoms with Crippen molar-refractivity contribution in [3.63, 3.8) is 0 Å². The van der Waals surface area contributed by atoms with Crippen molar-refractivity contribution in [1.29, 1.82) is 0 Å². The molecule has 140 valence electrons. The Morgan fingerprint density at radius 3 is 2.65 bits per heavy atom. The molecule has 0 saturated carbocycles. The maximum Gasteiger partial charge on any atom is 0.290 e. The molecular formula is C17H23N5O4. The number of likely N-dealkylation sites (N-methyl/N-ethyl adjacent to an activating group) is 1. The zero-order valence-electron chi connectivity index (χ0n) is 14.8. The number of carbonyl (C=O) groups is 2. The van der Waals surface area contributed by atoms with E-state index in [-0.39, 0.29) is 24.5 Å². The molecule has 1 fully saturated rings. The molecule has 1 aliphatic heterocycles. The lowest BCUT2D eigenvalue weighted by atomic mass is 10.1. The highest BCUT2D eigenvalue weighted by molar-refractivity contribution is 5.98. The summed E-state index contributed by atoms with van der Waals surface area (Å²) in [6, 6.07) is 7.40. The number of carboxylic acid groups (broad SMARTS) is 1. The molecule has 1 aromatic heterocycles. The Labute approximate surface area is 151 Å². The van der Waals surface area contributed by atoms with Gasteiger partial charge in [0.1, 0.15) is 12.7 Å². The molecule has 3 rings (SSSR count). The number of nitrogens with zero attached hydrogens (tertiary/aromatic N) is 4. The van der Waals surface area contributed by atoms with Crippen LogP contribution in [0.25, 0.3) is 5.69 Å². The molecule has 2 atom stereocenters. The third kappa shape index (κ3) is 4.87. The van der Waals surface area contributed by atoms with Gasteiger partial charge in [0.2, 0.25) is 0 Å². The van der Waals surface area contributed by atoms with Crippen molar-refractivity contribution >= 4 is 12.4 Å². The molecule has 1 saturated heterocycles. The van der Waals surface area contributed by atoms with E-state index in [9.17, 15) is 4.79 Å². The molecule has 0 unspecified atom stereocenters. The van der Waals surface area contributed by atoms with Crippen LogP contribution in [0.15, 0.2) is 36.9 Å². The standard InChI is InChI=1S/C16H21N5O2.CH2O2/c1-3-23-15-9-20(2)8-13(15)19-16(22)12-6-4-5-7-14(12)21-10-17-18-11-21;2-1-3/h4-7,10-11,13,15H,3,8-9H2,1-2H3,(H,19,22);1H,(H,2,3)/t13-,15-;/m0./s1. The van der Waals surface area contributed by atoms with Crippen LogP contribution in [0.3, 0.4) is 0 Å². The third-order valence-electron chi connectivity index (χ3n) is 3.99. The van der Waals surface area contributed by atoms with Crippen molar-refractivity contribution in [3.05, 3.63) is 42.5 Å². The predicted octanol–water partition coefficient (Wildman–Crippen LogP) is 0.417. The van der Waals surface area contributed by atoms with Crippen molar-refractivity contribution < 1.29 is 19.4 Å². The summed E-state index contributed by atoms with van der Waals surface area (Å²) >= 11 is 0. The SMILES string of the molecule is CCO[C@H]1CN(C)C[C@@H]1NC(=O)c1ccccc1-n1cnnc1.O=CO. The van der Waals surface area contributed by atoms with E-state index < -0.39 is 0 Å². The Bertz CT molecular complexity index is 707. The molecule has 9 heteroatoms. The van der Waals surface area contributed by atoms with Crippen LogP contribution in [0.2, 0.25) is 0 Å². The van der Waals surface area contributed by atoms with Crippen LogP contribution in [0.1, 0.15) is 17.3 Å². The van der Waals surface area contributed by atoms with E-state index in [1.165, 1.54) is 0 Å². The van der Waals surface area contributed by atoms with Gasteiger partial charge >= 0.3 is 0 Å². The molecule has 1 aliphatic rings. The zero-order valence-corrected chi connectivity index (χ0v) is 14.8. The number of hydrogen-bond donors (Lipinski definition) is 2. The third-order valence-corrected chi connectivity index (χ3v) is 3.99. The van der Waals surface area contributed by atoms with Gasteiger partial charge in [0, 0.05) is 19.7 Å². The van der Waals surface area contributed by atoms with E-state index in [0.717, 1.165) is 18.8 Å². The number of nitrogens with one attached hydrogen (secondary N) is 1. The van der Waals surface area contributed by atoms with Gasteiger partial charge in [0.05, 0.1) is 23.4 Å². The second kappa shape index (κ2) is 9.64. The number of para-hydroxylation sites is 1. The molecule has 26 heavy (non-hydrogen) atoms. The normalized spacial score (nSPS) is 19.5. The first kappa shape index (κ1) is 19.5. The summed E-state index contributed by atoms with van der Waals surface area (Å²) in [5.41, 5.74) is 1.35. The largest absolute Gasteiger partial charge is 0.483 e. The maximum atomic E-state index is 12.7. The van der Waals surface area contributed by atoms with E-state index in [4.69, 9.17) is 14.6 Å². The minimum Gasteiger partial charge on any atom is -0.483 e. The number of likely N-dealkylation sites (tertiary alicyclic amines) is 1. The Morgan fingerprint density at radius 1 is 1.35 bits per heavy atom. The van der Waals surface area contributed by atoms with Crippen LogP contribution in [-0.4, -0.2) is 76.0 Å². The topological polar surface area (TPSA) is 110 Å². The monoisotopic (exact) mass is 361 g/mol. The van der Waals surface area contributed by atoms with Crippen LogP contribution in [0.5, 0.6) is 0 Å². The van der Waals surface area contributed by atoms with Crippen LogP contribution < -0.4 is 5.32 Å². The van der Waals surface area contributed by atoms with Crippen molar-refractivity contribution in [3.8, 4) is 5.69 Å². The van der Waals surface area contributed by atoms with Crippen LogP contribution in [0, 0.1) is 0 Å². The fourth-order valence-electron chi connectivity index (χ4n) is 2.95. The zero-order chi connectivity index (χ0) is 18.9. The number of ether oxygens (including phenoxy) is 1. The fraction of sp³-hybridized carbons (Fsp3) is 0.412.